The SMILES string of the molecule is Cc1nn(CCO)c(C)c1CNc1ccc(Cl)cc1. The minimum Gasteiger partial charge on any atom is -0.394 e. The fraction of sp³-hybridized carbons (Fsp3) is 0.357. The summed E-state index contributed by atoms with van der Waals surface area (Å²) in [5.74, 6) is 0. The molecular weight excluding hydrogens is 262 g/mol. The Labute approximate surface area is 118 Å². The number of halogens is 1. The lowest BCUT2D eigenvalue weighted by molar-refractivity contribution is 0.268. The summed E-state index contributed by atoms with van der Waals surface area (Å²) in [5, 5.41) is 17.5. The van der Waals surface area contributed by atoms with Crippen LogP contribution in [0.1, 0.15) is 17.0 Å². The first kappa shape index (κ1) is 13.9. The van der Waals surface area contributed by atoms with Crippen molar-refractivity contribution in [2.75, 3.05) is 11.9 Å². The van der Waals surface area contributed by atoms with Crippen LogP contribution in [0.4, 0.5) is 5.69 Å². The summed E-state index contributed by atoms with van der Waals surface area (Å²) in [5.41, 5.74) is 4.28. The highest BCUT2D eigenvalue weighted by molar-refractivity contribution is 6.30. The Morgan fingerprint density at radius 1 is 1.26 bits per heavy atom. The van der Waals surface area contributed by atoms with Crippen LogP contribution in [0.3, 0.4) is 0 Å². The van der Waals surface area contributed by atoms with Gasteiger partial charge in [0, 0.05) is 28.5 Å². The van der Waals surface area contributed by atoms with Gasteiger partial charge in [-0.2, -0.15) is 5.10 Å². The Hall–Kier alpha value is -1.52. The number of nitrogens with zero attached hydrogens (tertiary/aromatic N) is 2. The van der Waals surface area contributed by atoms with Gasteiger partial charge in [-0.05, 0) is 38.1 Å². The second-order valence-electron chi connectivity index (χ2n) is 4.46. The molecule has 0 aliphatic carbocycles. The first-order valence-electron chi connectivity index (χ1n) is 6.25. The van der Waals surface area contributed by atoms with Crippen LogP contribution in [0, 0.1) is 13.8 Å². The summed E-state index contributed by atoms with van der Waals surface area (Å²) in [6, 6.07) is 7.62. The average Bonchev–Trinajstić information content (AvgIpc) is 2.65. The van der Waals surface area contributed by atoms with E-state index in [1.807, 2.05) is 42.8 Å². The van der Waals surface area contributed by atoms with Gasteiger partial charge in [-0.1, -0.05) is 11.6 Å². The highest BCUT2D eigenvalue weighted by Gasteiger charge is 2.10. The van der Waals surface area contributed by atoms with Gasteiger partial charge in [0.05, 0.1) is 18.8 Å². The van der Waals surface area contributed by atoms with Crippen LogP contribution in [0.25, 0.3) is 0 Å². The van der Waals surface area contributed by atoms with E-state index in [0.29, 0.717) is 13.1 Å². The van der Waals surface area contributed by atoms with Crippen molar-refractivity contribution < 1.29 is 5.11 Å². The molecule has 1 heterocycles. The van der Waals surface area contributed by atoms with Crippen molar-refractivity contribution in [2.24, 2.45) is 0 Å². The molecule has 0 atom stereocenters. The highest BCUT2D eigenvalue weighted by Crippen LogP contribution is 2.17. The van der Waals surface area contributed by atoms with Crippen molar-refractivity contribution >= 4 is 17.3 Å². The molecule has 0 saturated heterocycles. The molecule has 0 spiro atoms. The van der Waals surface area contributed by atoms with Crippen LogP contribution in [0.5, 0.6) is 0 Å². The number of hydrogen-bond donors (Lipinski definition) is 2. The molecule has 2 aromatic rings. The standard InChI is InChI=1S/C14H18ClN3O/c1-10-14(11(2)18(17-10)7-8-19)9-16-13-5-3-12(15)4-6-13/h3-6,16,19H,7-9H2,1-2H3. The molecule has 0 unspecified atom stereocenters. The number of hydrogen-bond acceptors (Lipinski definition) is 3. The Bertz CT molecular complexity index is 549. The van der Waals surface area contributed by atoms with E-state index in [-0.39, 0.29) is 6.61 Å². The summed E-state index contributed by atoms with van der Waals surface area (Å²) in [4.78, 5) is 0. The van der Waals surface area contributed by atoms with Gasteiger partial charge in [-0.15, -0.1) is 0 Å². The zero-order chi connectivity index (χ0) is 13.8. The van der Waals surface area contributed by atoms with E-state index in [9.17, 15) is 0 Å². The minimum absolute atomic E-state index is 0.103. The summed E-state index contributed by atoms with van der Waals surface area (Å²) in [7, 11) is 0. The Balaban J connectivity index is 2.09. The number of aliphatic hydroxyl groups is 1. The summed E-state index contributed by atoms with van der Waals surface area (Å²) in [6.07, 6.45) is 0. The predicted molar refractivity (Wildman–Crippen MR) is 77.6 cm³/mol. The molecule has 0 radical (unpaired) electrons. The number of aromatic nitrogens is 2. The van der Waals surface area contributed by atoms with Gasteiger partial charge in [0.1, 0.15) is 0 Å². The summed E-state index contributed by atoms with van der Waals surface area (Å²) < 4.78 is 1.84. The predicted octanol–water partition coefficient (Wildman–Crippen LogP) is 2.76. The normalized spacial score (nSPS) is 10.7. The molecule has 0 bridgehead atoms. The lowest BCUT2D eigenvalue weighted by Crippen LogP contribution is -2.07. The van der Waals surface area contributed by atoms with Gasteiger partial charge in [0.25, 0.3) is 0 Å². The number of aliphatic hydroxyl groups excluding tert-OH is 1. The zero-order valence-electron chi connectivity index (χ0n) is 11.2. The summed E-state index contributed by atoms with van der Waals surface area (Å²) in [6.45, 7) is 5.36. The quantitative estimate of drug-likeness (QED) is 0.885. The number of nitrogens with one attached hydrogen (secondary N) is 1. The third kappa shape index (κ3) is 3.28. The molecular formula is C14H18ClN3O. The first-order chi connectivity index (χ1) is 9.11. The van der Waals surface area contributed by atoms with Gasteiger partial charge < -0.3 is 10.4 Å². The second kappa shape index (κ2) is 6.08. The summed E-state index contributed by atoms with van der Waals surface area (Å²) >= 11 is 5.85. The van der Waals surface area contributed by atoms with E-state index >= 15 is 0 Å². The van der Waals surface area contributed by atoms with Crippen molar-refractivity contribution in [1.82, 2.24) is 9.78 Å². The van der Waals surface area contributed by atoms with Crippen LogP contribution in [0.2, 0.25) is 5.02 Å². The maximum atomic E-state index is 8.99. The maximum absolute atomic E-state index is 8.99. The van der Waals surface area contributed by atoms with Crippen LogP contribution < -0.4 is 5.32 Å². The number of aryl methyl sites for hydroxylation is 1. The van der Waals surface area contributed by atoms with E-state index in [4.69, 9.17) is 16.7 Å². The van der Waals surface area contributed by atoms with Gasteiger partial charge in [0.2, 0.25) is 0 Å². The average molecular weight is 280 g/mol. The third-order valence-electron chi connectivity index (χ3n) is 3.16. The van der Waals surface area contributed by atoms with E-state index < -0.39 is 0 Å². The molecule has 0 saturated carbocycles. The van der Waals surface area contributed by atoms with Crippen molar-refractivity contribution in [1.29, 1.82) is 0 Å². The minimum atomic E-state index is 0.103. The van der Waals surface area contributed by atoms with Crippen LogP contribution in [-0.4, -0.2) is 21.5 Å². The molecule has 1 aromatic heterocycles. The largest absolute Gasteiger partial charge is 0.394 e. The van der Waals surface area contributed by atoms with Crippen LogP contribution in [-0.2, 0) is 13.1 Å². The Morgan fingerprint density at radius 3 is 2.58 bits per heavy atom. The van der Waals surface area contributed by atoms with Crippen LogP contribution >= 0.6 is 11.6 Å². The Morgan fingerprint density at radius 2 is 1.95 bits per heavy atom. The van der Waals surface area contributed by atoms with Gasteiger partial charge in [0.15, 0.2) is 0 Å². The fourth-order valence-electron chi connectivity index (χ4n) is 2.06. The molecule has 2 N–H and O–H groups in total. The van der Waals surface area contributed by atoms with Crippen molar-refractivity contribution in [2.45, 2.75) is 26.9 Å². The molecule has 0 aliphatic heterocycles. The molecule has 5 heteroatoms. The molecule has 1 aromatic carbocycles. The van der Waals surface area contributed by atoms with E-state index in [1.165, 1.54) is 5.56 Å². The van der Waals surface area contributed by atoms with E-state index in [1.54, 1.807) is 0 Å². The third-order valence-corrected chi connectivity index (χ3v) is 3.41. The Kier molecular flexibility index (Phi) is 4.45. The van der Waals surface area contributed by atoms with Crippen molar-refractivity contribution in [3.8, 4) is 0 Å². The molecule has 2 rings (SSSR count). The van der Waals surface area contributed by atoms with Gasteiger partial charge in [-0.25, -0.2) is 0 Å². The molecule has 19 heavy (non-hydrogen) atoms. The number of rotatable bonds is 5. The van der Waals surface area contributed by atoms with E-state index in [0.717, 1.165) is 22.1 Å². The molecule has 102 valence electrons. The second-order valence-corrected chi connectivity index (χ2v) is 4.89. The zero-order valence-corrected chi connectivity index (χ0v) is 11.9. The smallest absolute Gasteiger partial charge is 0.0646 e. The molecule has 4 nitrogen and oxygen atoms in total. The highest BCUT2D eigenvalue weighted by atomic mass is 35.5. The lowest BCUT2D eigenvalue weighted by Gasteiger charge is -2.07. The van der Waals surface area contributed by atoms with Crippen LogP contribution in [0.15, 0.2) is 24.3 Å². The van der Waals surface area contributed by atoms with E-state index in [2.05, 4.69) is 10.4 Å². The van der Waals surface area contributed by atoms with Gasteiger partial charge >= 0.3 is 0 Å². The van der Waals surface area contributed by atoms with Gasteiger partial charge in [-0.3, -0.25) is 4.68 Å². The lowest BCUT2D eigenvalue weighted by atomic mass is 10.2. The monoisotopic (exact) mass is 279 g/mol. The van der Waals surface area contributed by atoms with Crippen molar-refractivity contribution in [3.05, 3.63) is 46.2 Å². The molecule has 0 fully saturated rings. The van der Waals surface area contributed by atoms with Crippen molar-refractivity contribution in [3.63, 3.8) is 0 Å². The number of anilines is 1. The first-order valence-corrected chi connectivity index (χ1v) is 6.63. The molecule has 0 amide bonds. The maximum Gasteiger partial charge on any atom is 0.0646 e. The topological polar surface area (TPSA) is 50.1 Å². The molecule has 0 aliphatic rings. The fourth-order valence-corrected chi connectivity index (χ4v) is 2.19. The number of benzene rings is 1.